The van der Waals surface area contributed by atoms with Crippen LogP contribution in [-0.2, 0) is 18.3 Å². The largest absolute Gasteiger partial charge is 0.461 e. The quantitative estimate of drug-likeness (QED) is 0.718. The normalized spacial score (nSPS) is 19.4. The molecule has 0 unspecified atom stereocenters. The number of hydrogen-bond donors (Lipinski definition) is 2. The van der Waals surface area contributed by atoms with Gasteiger partial charge in [0.2, 0.25) is 5.91 Å². The first-order chi connectivity index (χ1) is 12.2. The summed E-state index contributed by atoms with van der Waals surface area (Å²) in [5.41, 5.74) is 2.00. The summed E-state index contributed by atoms with van der Waals surface area (Å²) in [4.78, 5) is 12.6. The molecule has 138 valence electrons. The molecule has 7 heteroatoms. The average Bonchev–Trinajstić information content (AvgIpc) is 3.32. The second-order valence-electron chi connectivity index (χ2n) is 6.61. The third-order valence-corrected chi connectivity index (χ3v) is 4.85. The summed E-state index contributed by atoms with van der Waals surface area (Å²) in [6.07, 6.45) is 4.54. The number of fused-ring (bicyclic) bond motifs is 1. The highest BCUT2D eigenvalue weighted by Crippen LogP contribution is 2.28. The van der Waals surface area contributed by atoms with Gasteiger partial charge >= 0.3 is 0 Å². The van der Waals surface area contributed by atoms with Crippen molar-refractivity contribution in [1.82, 2.24) is 20.4 Å². The Morgan fingerprint density at radius 3 is 3.00 bits per heavy atom. The van der Waals surface area contributed by atoms with Crippen LogP contribution in [0.25, 0.3) is 11.0 Å². The fourth-order valence-corrected chi connectivity index (χ4v) is 3.54. The summed E-state index contributed by atoms with van der Waals surface area (Å²) >= 11 is 0. The van der Waals surface area contributed by atoms with Crippen LogP contribution in [0, 0.1) is 5.92 Å². The Morgan fingerprint density at radius 2 is 2.23 bits per heavy atom. The van der Waals surface area contributed by atoms with Crippen molar-refractivity contribution in [2.75, 3.05) is 19.6 Å². The molecule has 2 N–H and O–H groups in total. The van der Waals surface area contributed by atoms with E-state index in [0.29, 0.717) is 19.5 Å². The molecule has 6 nitrogen and oxygen atoms in total. The maximum atomic E-state index is 12.6. The molecule has 0 bridgehead atoms. The van der Waals surface area contributed by atoms with Gasteiger partial charge in [0.05, 0.1) is 12.1 Å². The number of carbonyl (C=O) groups is 1. The highest BCUT2D eigenvalue weighted by atomic mass is 35.5. The van der Waals surface area contributed by atoms with Crippen molar-refractivity contribution >= 4 is 29.3 Å². The summed E-state index contributed by atoms with van der Waals surface area (Å²) in [5.74, 6) is 1.12. The predicted octanol–water partition coefficient (Wildman–Crippen LogP) is 2.25. The molecule has 1 saturated heterocycles. The maximum absolute atomic E-state index is 12.6. The molecule has 0 saturated carbocycles. The molecule has 0 aliphatic carbocycles. The molecule has 1 fully saturated rings. The van der Waals surface area contributed by atoms with Gasteiger partial charge in [0.15, 0.2) is 0 Å². The van der Waals surface area contributed by atoms with Gasteiger partial charge in [-0.05, 0) is 17.7 Å². The summed E-state index contributed by atoms with van der Waals surface area (Å²) in [5, 5.41) is 11.7. The molecule has 0 radical (unpaired) electrons. The van der Waals surface area contributed by atoms with E-state index in [4.69, 9.17) is 4.42 Å². The zero-order chi connectivity index (χ0) is 17.2. The van der Waals surface area contributed by atoms with Crippen molar-refractivity contribution < 1.29 is 9.21 Å². The first kappa shape index (κ1) is 18.5. The molecule has 2 atom stereocenters. The topological polar surface area (TPSA) is 72.1 Å². The number of para-hydroxylation sites is 1. The standard InChI is InChI=1S/C19H22N4O2.ClH/c1-23-12-14(9-22-23)16-10-20-11-17(16)19(24)21-7-6-15-8-13-4-2-3-5-18(13)25-15;/h2-5,8-9,12,16-17,20H,6-7,10-11H2,1H3,(H,21,24);1H/t16-,17+;/m1./s1. The summed E-state index contributed by atoms with van der Waals surface area (Å²) in [7, 11) is 1.90. The minimum absolute atomic E-state index is 0. The number of aromatic nitrogens is 2. The fraction of sp³-hybridized carbons (Fsp3) is 0.368. The lowest BCUT2D eigenvalue weighted by molar-refractivity contribution is -0.124. The Morgan fingerprint density at radius 1 is 1.38 bits per heavy atom. The van der Waals surface area contributed by atoms with E-state index in [0.717, 1.165) is 28.8 Å². The van der Waals surface area contributed by atoms with Crippen LogP contribution in [0.4, 0.5) is 0 Å². The van der Waals surface area contributed by atoms with Gasteiger partial charge in [-0.1, -0.05) is 18.2 Å². The number of nitrogens with zero attached hydrogens (tertiary/aromatic N) is 2. The Balaban J connectivity index is 0.00000196. The smallest absolute Gasteiger partial charge is 0.225 e. The van der Waals surface area contributed by atoms with Crippen molar-refractivity contribution in [3.05, 3.63) is 54.0 Å². The number of carbonyl (C=O) groups excluding carboxylic acids is 1. The van der Waals surface area contributed by atoms with Gasteiger partial charge in [0.1, 0.15) is 11.3 Å². The zero-order valence-electron chi connectivity index (χ0n) is 14.6. The first-order valence-corrected chi connectivity index (χ1v) is 8.65. The van der Waals surface area contributed by atoms with Gasteiger partial charge in [-0.25, -0.2) is 0 Å². The second-order valence-corrected chi connectivity index (χ2v) is 6.61. The van der Waals surface area contributed by atoms with E-state index in [1.165, 1.54) is 0 Å². The van der Waals surface area contributed by atoms with E-state index in [2.05, 4.69) is 15.7 Å². The van der Waals surface area contributed by atoms with E-state index in [9.17, 15) is 4.79 Å². The molecule has 1 aliphatic rings. The lowest BCUT2D eigenvalue weighted by Crippen LogP contribution is -2.35. The number of halogens is 1. The van der Waals surface area contributed by atoms with E-state index in [1.54, 1.807) is 4.68 Å². The predicted molar refractivity (Wildman–Crippen MR) is 102 cm³/mol. The Labute approximate surface area is 158 Å². The molecule has 26 heavy (non-hydrogen) atoms. The molecule has 1 amide bonds. The number of benzene rings is 1. The van der Waals surface area contributed by atoms with E-state index >= 15 is 0 Å². The highest BCUT2D eigenvalue weighted by molar-refractivity contribution is 5.85. The van der Waals surface area contributed by atoms with Crippen molar-refractivity contribution in [3.63, 3.8) is 0 Å². The van der Waals surface area contributed by atoms with Crippen LogP contribution in [0.15, 0.2) is 47.1 Å². The van der Waals surface area contributed by atoms with E-state index in [1.807, 2.05) is 49.8 Å². The van der Waals surface area contributed by atoms with Crippen LogP contribution in [0.2, 0.25) is 0 Å². The van der Waals surface area contributed by atoms with Gasteiger partial charge < -0.3 is 15.1 Å². The van der Waals surface area contributed by atoms with Crippen molar-refractivity contribution in [2.45, 2.75) is 12.3 Å². The SMILES string of the molecule is Cl.Cn1cc([C@H]2CNC[C@@H]2C(=O)NCCc2cc3ccccc3o2)cn1. The van der Waals surface area contributed by atoms with Gasteiger partial charge in [-0.3, -0.25) is 9.48 Å². The average molecular weight is 375 g/mol. The second kappa shape index (κ2) is 7.93. The summed E-state index contributed by atoms with van der Waals surface area (Å²) in [6.45, 7) is 2.10. The first-order valence-electron chi connectivity index (χ1n) is 8.65. The molecule has 1 aliphatic heterocycles. The van der Waals surface area contributed by atoms with Gasteiger partial charge in [0, 0.05) is 50.6 Å². The molecule has 3 aromatic rings. The van der Waals surface area contributed by atoms with Gasteiger partial charge in [0.25, 0.3) is 0 Å². The number of nitrogens with one attached hydrogen (secondary N) is 2. The highest BCUT2D eigenvalue weighted by Gasteiger charge is 2.34. The lowest BCUT2D eigenvalue weighted by atomic mass is 9.90. The number of hydrogen-bond acceptors (Lipinski definition) is 4. The molecule has 4 rings (SSSR count). The van der Waals surface area contributed by atoms with Gasteiger partial charge in [-0.15, -0.1) is 12.4 Å². The number of rotatable bonds is 5. The van der Waals surface area contributed by atoms with Crippen LogP contribution in [0.3, 0.4) is 0 Å². The van der Waals surface area contributed by atoms with Crippen LogP contribution >= 0.6 is 12.4 Å². The van der Waals surface area contributed by atoms with Crippen LogP contribution in [0.1, 0.15) is 17.2 Å². The monoisotopic (exact) mass is 374 g/mol. The van der Waals surface area contributed by atoms with E-state index in [-0.39, 0.29) is 30.2 Å². The number of amides is 1. The minimum Gasteiger partial charge on any atom is -0.461 e. The molecule has 1 aromatic carbocycles. The molecule has 3 heterocycles. The molecule has 2 aromatic heterocycles. The number of aryl methyl sites for hydroxylation is 1. The third kappa shape index (κ3) is 3.76. The summed E-state index contributed by atoms with van der Waals surface area (Å²) in [6, 6.07) is 9.99. The lowest BCUT2D eigenvalue weighted by Gasteiger charge is -2.16. The number of furan rings is 1. The van der Waals surface area contributed by atoms with Crippen LogP contribution in [-0.4, -0.2) is 35.3 Å². The fourth-order valence-electron chi connectivity index (χ4n) is 3.54. The van der Waals surface area contributed by atoms with E-state index < -0.39 is 0 Å². The maximum Gasteiger partial charge on any atom is 0.225 e. The van der Waals surface area contributed by atoms with Crippen molar-refractivity contribution in [1.29, 1.82) is 0 Å². The zero-order valence-corrected chi connectivity index (χ0v) is 15.5. The van der Waals surface area contributed by atoms with Crippen LogP contribution in [0.5, 0.6) is 0 Å². The Bertz CT molecular complexity index is 855. The molecule has 0 spiro atoms. The molecular weight excluding hydrogens is 352 g/mol. The van der Waals surface area contributed by atoms with Crippen molar-refractivity contribution in [3.8, 4) is 0 Å². The molecular formula is C19H23ClN4O2. The van der Waals surface area contributed by atoms with Gasteiger partial charge in [-0.2, -0.15) is 5.10 Å². The summed E-state index contributed by atoms with van der Waals surface area (Å²) < 4.78 is 7.58. The van der Waals surface area contributed by atoms with Crippen LogP contribution < -0.4 is 10.6 Å². The Kier molecular flexibility index (Phi) is 5.64. The minimum atomic E-state index is -0.0557. The Hall–Kier alpha value is -2.31. The third-order valence-electron chi connectivity index (χ3n) is 4.85. The van der Waals surface area contributed by atoms with Crippen molar-refractivity contribution in [2.24, 2.45) is 13.0 Å².